The first-order valence-corrected chi connectivity index (χ1v) is 34.0. The second kappa shape index (κ2) is 68.3. The van der Waals surface area contributed by atoms with Gasteiger partial charge in [-0.2, -0.15) is 0 Å². The molecule has 0 heterocycles. The Hall–Kier alpha value is -4.19. The summed E-state index contributed by atoms with van der Waals surface area (Å²) in [6.45, 7) is 6.50. The number of carbonyl (C=O) groups is 3. The average Bonchev–Trinajstić information content (AvgIpc) is 3.47. The first kappa shape index (κ1) is 76.8. The highest BCUT2D eigenvalue weighted by Crippen LogP contribution is 2.16. The Morgan fingerprint density at radius 3 is 0.778 bits per heavy atom. The van der Waals surface area contributed by atoms with Crippen molar-refractivity contribution in [2.45, 2.75) is 322 Å². The molecule has 0 N–H and O–H groups in total. The van der Waals surface area contributed by atoms with Gasteiger partial charge in [-0.05, 0) is 135 Å². The van der Waals surface area contributed by atoms with Crippen LogP contribution in [0.1, 0.15) is 316 Å². The Kier molecular flexibility index (Phi) is 64.8. The summed E-state index contributed by atoms with van der Waals surface area (Å²) in [5.41, 5.74) is 0. The molecular weight excluding hydrogens is 997 g/mol. The SMILES string of the molecule is CC/C=C\C/C=C\C/C=C\C/C=C\C/C=C\C/C=C\C/C=C\CCCCCC(=O)OCC(COC(=O)CCCCCCC/C=C\CCCCCCCC)OC(=O)CCCCCCCCCCCCC/C=C\C/C=C\CCCCCCC. The van der Waals surface area contributed by atoms with Crippen LogP contribution in [0, 0.1) is 0 Å². The summed E-state index contributed by atoms with van der Waals surface area (Å²) in [6.07, 6.45) is 94.9. The molecule has 6 heteroatoms. The van der Waals surface area contributed by atoms with E-state index in [0.29, 0.717) is 19.3 Å². The van der Waals surface area contributed by atoms with Crippen LogP contribution >= 0.6 is 0 Å². The highest BCUT2D eigenvalue weighted by Gasteiger charge is 2.19. The van der Waals surface area contributed by atoms with Crippen molar-refractivity contribution in [1.82, 2.24) is 0 Å². The number of unbranched alkanes of at least 4 members (excludes halogenated alkanes) is 30. The largest absolute Gasteiger partial charge is 0.462 e. The molecule has 1 atom stereocenters. The Bertz CT molecular complexity index is 1670. The molecule has 0 bridgehead atoms. The van der Waals surface area contributed by atoms with Gasteiger partial charge in [0.15, 0.2) is 6.10 Å². The van der Waals surface area contributed by atoms with Crippen molar-refractivity contribution in [2.75, 3.05) is 13.2 Å². The van der Waals surface area contributed by atoms with Crippen molar-refractivity contribution in [2.24, 2.45) is 0 Å². The minimum atomic E-state index is -0.802. The van der Waals surface area contributed by atoms with E-state index in [2.05, 4.69) is 142 Å². The monoisotopic (exact) mass is 1120 g/mol. The summed E-state index contributed by atoms with van der Waals surface area (Å²) in [5, 5.41) is 0. The molecule has 0 fully saturated rings. The molecular formula is C75H126O6. The molecule has 1 unspecified atom stereocenters. The smallest absolute Gasteiger partial charge is 0.306 e. The number of allylic oxidation sites excluding steroid dienone is 20. The maximum Gasteiger partial charge on any atom is 0.306 e. The van der Waals surface area contributed by atoms with Crippen LogP contribution in [0.15, 0.2) is 122 Å². The van der Waals surface area contributed by atoms with Crippen LogP contribution in [0.3, 0.4) is 0 Å². The zero-order valence-corrected chi connectivity index (χ0v) is 53.0. The summed E-state index contributed by atoms with van der Waals surface area (Å²) in [5.74, 6) is -0.931. The summed E-state index contributed by atoms with van der Waals surface area (Å²) in [6, 6.07) is 0. The van der Waals surface area contributed by atoms with Crippen molar-refractivity contribution in [1.29, 1.82) is 0 Å². The zero-order valence-electron chi connectivity index (χ0n) is 53.0. The van der Waals surface area contributed by atoms with Crippen molar-refractivity contribution in [3.63, 3.8) is 0 Å². The van der Waals surface area contributed by atoms with E-state index >= 15 is 0 Å². The predicted molar refractivity (Wildman–Crippen MR) is 353 cm³/mol. The Morgan fingerprint density at radius 2 is 0.481 bits per heavy atom. The lowest BCUT2D eigenvalue weighted by Crippen LogP contribution is -2.30. The van der Waals surface area contributed by atoms with E-state index in [9.17, 15) is 14.4 Å². The van der Waals surface area contributed by atoms with E-state index in [-0.39, 0.29) is 31.1 Å². The van der Waals surface area contributed by atoms with Crippen LogP contribution in [0.2, 0.25) is 0 Å². The molecule has 0 aliphatic heterocycles. The summed E-state index contributed by atoms with van der Waals surface area (Å²) >= 11 is 0. The van der Waals surface area contributed by atoms with Gasteiger partial charge in [0.1, 0.15) is 13.2 Å². The van der Waals surface area contributed by atoms with E-state index in [0.717, 1.165) is 122 Å². The molecule has 0 aliphatic carbocycles. The standard InChI is InChI=1S/C75H126O6/c1-4-7-10-13-16-19-22-25-28-30-32-34-36-37-39-40-42-44-47-50-53-56-59-62-65-68-74(77)80-71-72(70-79-73(76)67-64-61-58-55-52-49-46-27-24-21-18-15-12-9-6-3)81-75(78)69-66-63-60-57-54-51-48-45-43-41-38-35-33-31-29-26-23-20-17-14-11-8-5-2/h7,10,16,19,23,25-28,31-34,37,39,42,44,46,50,53,72H,4-6,8-9,11-15,17-18,20-22,24,29-30,35-36,38,40-41,43,45,47-49,51-52,54-71H2,1-3H3/b10-7-,19-16-,26-23-,28-25-,33-31-,34-32-,39-37-,44-42-,46-27-,53-50-. The van der Waals surface area contributed by atoms with E-state index < -0.39 is 6.10 Å². The molecule has 0 aromatic rings. The van der Waals surface area contributed by atoms with Crippen LogP contribution in [0.25, 0.3) is 0 Å². The van der Waals surface area contributed by atoms with Crippen LogP contribution in [0.5, 0.6) is 0 Å². The van der Waals surface area contributed by atoms with Crippen molar-refractivity contribution < 1.29 is 28.6 Å². The first-order valence-electron chi connectivity index (χ1n) is 34.0. The van der Waals surface area contributed by atoms with Gasteiger partial charge in [0.05, 0.1) is 0 Å². The third kappa shape index (κ3) is 66.5. The predicted octanol–water partition coefficient (Wildman–Crippen LogP) is 23.6. The lowest BCUT2D eigenvalue weighted by molar-refractivity contribution is -0.167. The third-order valence-corrected chi connectivity index (χ3v) is 14.4. The fraction of sp³-hybridized carbons (Fsp3) is 0.693. The van der Waals surface area contributed by atoms with Crippen LogP contribution in [-0.2, 0) is 28.6 Å². The van der Waals surface area contributed by atoms with Crippen molar-refractivity contribution in [3.8, 4) is 0 Å². The maximum atomic E-state index is 13.0. The van der Waals surface area contributed by atoms with E-state index in [1.807, 2.05) is 0 Å². The van der Waals surface area contributed by atoms with Crippen LogP contribution in [0.4, 0.5) is 0 Å². The Balaban J connectivity index is 4.44. The minimum absolute atomic E-state index is 0.0951. The molecule has 0 radical (unpaired) electrons. The normalized spacial score (nSPS) is 12.9. The average molecular weight is 1120 g/mol. The third-order valence-electron chi connectivity index (χ3n) is 14.4. The molecule has 0 spiro atoms. The van der Waals surface area contributed by atoms with Gasteiger partial charge in [-0.15, -0.1) is 0 Å². The fourth-order valence-electron chi connectivity index (χ4n) is 9.33. The summed E-state index contributed by atoms with van der Waals surface area (Å²) in [4.78, 5) is 38.4. The zero-order chi connectivity index (χ0) is 58.5. The Labute approximate surface area is 501 Å². The first-order chi connectivity index (χ1) is 40.0. The quantitative estimate of drug-likeness (QED) is 0.0261. The molecule has 0 rings (SSSR count). The number of carbonyl (C=O) groups excluding carboxylic acids is 3. The molecule has 0 aliphatic rings. The fourth-order valence-corrected chi connectivity index (χ4v) is 9.33. The number of esters is 3. The van der Waals surface area contributed by atoms with Gasteiger partial charge in [0.25, 0.3) is 0 Å². The molecule has 0 amide bonds. The van der Waals surface area contributed by atoms with Gasteiger partial charge < -0.3 is 14.2 Å². The van der Waals surface area contributed by atoms with Gasteiger partial charge in [0, 0.05) is 19.3 Å². The number of hydrogen-bond acceptors (Lipinski definition) is 6. The van der Waals surface area contributed by atoms with E-state index in [1.165, 1.54) is 154 Å². The molecule has 0 saturated carbocycles. The summed E-state index contributed by atoms with van der Waals surface area (Å²) in [7, 11) is 0. The topological polar surface area (TPSA) is 78.9 Å². The van der Waals surface area contributed by atoms with E-state index in [1.54, 1.807) is 0 Å². The van der Waals surface area contributed by atoms with Gasteiger partial charge in [-0.25, -0.2) is 0 Å². The number of hydrogen-bond donors (Lipinski definition) is 0. The molecule has 0 aromatic carbocycles. The lowest BCUT2D eigenvalue weighted by Gasteiger charge is -2.18. The molecule has 0 aromatic heterocycles. The summed E-state index contributed by atoms with van der Waals surface area (Å²) < 4.78 is 16.9. The van der Waals surface area contributed by atoms with Crippen molar-refractivity contribution >= 4 is 17.9 Å². The minimum Gasteiger partial charge on any atom is -0.462 e. The van der Waals surface area contributed by atoms with Gasteiger partial charge in [0.2, 0.25) is 0 Å². The van der Waals surface area contributed by atoms with Gasteiger partial charge >= 0.3 is 17.9 Å². The maximum absolute atomic E-state index is 13.0. The molecule has 462 valence electrons. The number of ether oxygens (including phenoxy) is 3. The molecule has 6 nitrogen and oxygen atoms in total. The van der Waals surface area contributed by atoms with Crippen LogP contribution < -0.4 is 0 Å². The Morgan fingerprint density at radius 1 is 0.259 bits per heavy atom. The molecule has 0 saturated heterocycles. The van der Waals surface area contributed by atoms with E-state index in [4.69, 9.17) is 14.2 Å². The van der Waals surface area contributed by atoms with Gasteiger partial charge in [-0.1, -0.05) is 284 Å². The lowest BCUT2D eigenvalue weighted by atomic mass is 10.0. The second-order valence-electron chi connectivity index (χ2n) is 22.3. The highest BCUT2D eigenvalue weighted by molar-refractivity contribution is 5.71. The number of rotatable bonds is 61. The highest BCUT2D eigenvalue weighted by atomic mass is 16.6. The molecule has 81 heavy (non-hydrogen) atoms. The van der Waals surface area contributed by atoms with Crippen LogP contribution in [-0.4, -0.2) is 37.2 Å². The van der Waals surface area contributed by atoms with Crippen molar-refractivity contribution in [3.05, 3.63) is 122 Å². The van der Waals surface area contributed by atoms with Gasteiger partial charge in [-0.3, -0.25) is 14.4 Å². The second-order valence-corrected chi connectivity index (χ2v) is 22.3.